The lowest BCUT2D eigenvalue weighted by molar-refractivity contribution is -0.318. The van der Waals surface area contributed by atoms with Gasteiger partial charge in [0.15, 0.2) is 5.79 Å². The first kappa shape index (κ1) is 25.0. The van der Waals surface area contributed by atoms with Gasteiger partial charge in [0.1, 0.15) is 6.61 Å². The molecule has 33 heavy (non-hydrogen) atoms. The van der Waals surface area contributed by atoms with Crippen molar-refractivity contribution in [1.29, 1.82) is 0 Å². The maximum absolute atomic E-state index is 13.1. The molecule has 7 nitrogen and oxygen atoms in total. The molecule has 3 atom stereocenters. The predicted octanol–water partition coefficient (Wildman–Crippen LogP) is 3.79. The summed E-state index contributed by atoms with van der Waals surface area (Å²) in [5.41, 5.74) is 0.808. The molecule has 2 amide bonds. The number of carbonyl (C=O) groups excluding carboxylic acids is 2. The van der Waals surface area contributed by atoms with E-state index in [9.17, 15) is 22.8 Å². The summed E-state index contributed by atoms with van der Waals surface area (Å²) in [6.45, 7) is 3.97. The fourth-order valence-corrected chi connectivity index (χ4v) is 4.43. The van der Waals surface area contributed by atoms with Crippen LogP contribution in [0.15, 0.2) is 42.5 Å². The Morgan fingerprint density at radius 1 is 1.24 bits per heavy atom. The molecule has 0 saturated carbocycles. The Morgan fingerprint density at radius 3 is 2.52 bits per heavy atom. The molecule has 10 heteroatoms. The number of benzene rings is 1. The molecule has 0 aromatic heterocycles. The Balaban J connectivity index is 1.85. The molecule has 0 unspecified atom stereocenters. The van der Waals surface area contributed by atoms with Crippen molar-refractivity contribution >= 4 is 12.0 Å². The number of hydrogen-bond acceptors (Lipinski definition) is 5. The second-order valence-corrected chi connectivity index (χ2v) is 8.19. The van der Waals surface area contributed by atoms with Gasteiger partial charge in [0, 0.05) is 19.0 Å². The molecule has 3 rings (SSSR count). The zero-order valence-electron chi connectivity index (χ0n) is 18.6. The van der Waals surface area contributed by atoms with Crippen LogP contribution in [-0.2, 0) is 25.6 Å². The zero-order chi connectivity index (χ0) is 24.1. The quantitative estimate of drug-likeness (QED) is 0.663. The molecule has 0 radical (unpaired) electrons. The standard InChI is InChI=1S/C23H29F3N2O5/c1-3-8-19-18(14-27-20(29)23(24,25)26)22(32-11-7-12-33-22)13-16(2)28(19)21(30)31-15-17-9-5-4-6-10-17/h3-6,8-10,16,18-19H,7,11-15H2,1-2H3,(H,27,29)/b8-3+/t16-,18+,19+/m1/s1. The minimum Gasteiger partial charge on any atom is -0.445 e. The Kier molecular flexibility index (Phi) is 8.01. The van der Waals surface area contributed by atoms with Gasteiger partial charge in [-0.05, 0) is 25.8 Å². The van der Waals surface area contributed by atoms with Crippen LogP contribution in [0.1, 0.15) is 32.3 Å². The van der Waals surface area contributed by atoms with Gasteiger partial charge >= 0.3 is 18.2 Å². The number of piperidine rings is 1. The fourth-order valence-electron chi connectivity index (χ4n) is 4.43. The van der Waals surface area contributed by atoms with Gasteiger partial charge in [-0.15, -0.1) is 0 Å². The summed E-state index contributed by atoms with van der Waals surface area (Å²) >= 11 is 0. The molecule has 0 aliphatic carbocycles. The fraction of sp³-hybridized carbons (Fsp3) is 0.565. The van der Waals surface area contributed by atoms with Crippen LogP contribution in [0.5, 0.6) is 0 Å². The van der Waals surface area contributed by atoms with Gasteiger partial charge in [0.2, 0.25) is 0 Å². The topological polar surface area (TPSA) is 77.1 Å². The zero-order valence-corrected chi connectivity index (χ0v) is 18.6. The maximum atomic E-state index is 13.1. The molecule has 2 aliphatic heterocycles. The highest BCUT2D eigenvalue weighted by Gasteiger charge is 2.55. The minimum absolute atomic E-state index is 0.0546. The van der Waals surface area contributed by atoms with Crippen LogP contribution in [-0.4, -0.2) is 60.7 Å². The third kappa shape index (κ3) is 5.86. The minimum atomic E-state index is -5.02. The molecular weight excluding hydrogens is 441 g/mol. The number of amides is 2. The first-order valence-electron chi connectivity index (χ1n) is 10.9. The van der Waals surface area contributed by atoms with Gasteiger partial charge in [0.25, 0.3) is 0 Å². The number of likely N-dealkylation sites (tertiary alicyclic amines) is 1. The van der Waals surface area contributed by atoms with Gasteiger partial charge in [-0.2, -0.15) is 13.2 Å². The first-order chi connectivity index (χ1) is 15.7. The summed E-state index contributed by atoms with van der Waals surface area (Å²) in [4.78, 5) is 26.1. The number of alkyl halides is 3. The van der Waals surface area contributed by atoms with Gasteiger partial charge in [-0.1, -0.05) is 42.5 Å². The van der Waals surface area contributed by atoms with Crippen LogP contribution in [0.2, 0.25) is 0 Å². The van der Waals surface area contributed by atoms with E-state index in [1.807, 2.05) is 42.6 Å². The molecule has 2 heterocycles. The van der Waals surface area contributed by atoms with Gasteiger partial charge in [-0.25, -0.2) is 4.79 Å². The third-order valence-electron chi connectivity index (χ3n) is 5.88. The summed E-state index contributed by atoms with van der Waals surface area (Å²) in [5, 5.41) is 1.95. The molecule has 1 aromatic carbocycles. The first-order valence-corrected chi connectivity index (χ1v) is 10.9. The Labute approximate surface area is 190 Å². The van der Waals surface area contributed by atoms with Crippen molar-refractivity contribution in [3.05, 3.63) is 48.0 Å². The summed E-state index contributed by atoms with van der Waals surface area (Å²) in [7, 11) is 0. The molecule has 1 N–H and O–H groups in total. The van der Waals surface area contributed by atoms with E-state index < -0.39 is 35.9 Å². The third-order valence-corrected chi connectivity index (χ3v) is 5.88. The molecule has 2 saturated heterocycles. The monoisotopic (exact) mass is 470 g/mol. The molecule has 2 aliphatic rings. The lowest BCUT2D eigenvalue weighted by atomic mass is 9.79. The number of halogens is 3. The lowest BCUT2D eigenvalue weighted by Gasteiger charge is -2.54. The Bertz CT molecular complexity index is 840. The number of hydrogen-bond donors (Lipinski definition) is 1. The van der Waals surface area contributed by atoms with Crippen LogP contribution >= 0.6 is 0 Å². The van der Waals surface area contributed by atoms with E-state index in [1.54, 1.807) is 19.1 Å². The number of rotatable bonds is 5. The highest BCUT2D eigenvalue weighted by Crippen LogP contribution is 2.42. The normalized spacial score (nSPS) is 25.2. The highest BCUT2D eigenvalue weighted by molar-refractivity contribution is 5.81. The predicted molar refractivity (Wildman–Crippen MR) is 113 cm³/mol. The molecule has 1 spiro atoms. The molecule has 182 valence electrons. The van der Waals surface area contributed by atoms with Crippen molar-refractivity contribution in [1.82, 2.24) is 10.2 Å². The van der Waals surface area contributed by atoms with Crippen molar-refractivity contribution in [3.63, 3.8) is 0 Å². The Morgan fingerprint density at radius 2 is 1.91 bits per heavy atom. The second kappa shape index (κ2) is 10.6. The van der Waals surface area contributed by atoms with Crippen LogP contribution < -0.4 is 5.32 Å². The smallest absolute Gasteiger partial charge is 0.445 e. The number of nitrogens with zero attached hydrogens (tertiary/aromatic N) is 1. The number of ether oxygens (including phenoxy) is 3. The van der Waals surface area contributed by atoms with Crippen molar-refractivity contribution < 1.29 is 37.0 Å². The number of allylic oxidation sites excluding steroid dienone is 1. The van der Waals surface area contributed by atoms with Crippen molar-refractivity contribution in [2.45, 2.75) is 57.3 Å². The van der Waals surface area contributed by atoms with E-state index in [-0.39, 0.29) is 25.6 Å². The lowest BCUT2D eigenvalue weighted by Crippen LogP contribution is -2.67. The van der Waals surface area contributed by atoms with Crippen molar-refractivity contribution in [3.8, 4) is 0 Å². The summed E-state index contributed by atoms with van der Waals surface area (Å²) in [5.74, 6) is -4.05. The summed E-state index contributed by atoms with van der Waals surface area (Å²) in [6.07, 6.45) is -1.34. The maximum Gasteiger partial charge on any atom is 0.471 e. The van der Waals surface area contributed by atoms with Crippen LogP contribution in [0.25, 0.3) is 0 Å². The van der Waals surface area contributed by atoms with Gasteiger partial charge in [-0.3, -0.25) is 9.69 Å². The van der Waals surface area contributed by atoms with E-state index in [0.29, 0.717) is 19.6 Å². The second-order valence-electron chi connectivity index (χ2n) is 8.19. The molecule has 1 aromatic rings. The van der Waals surface area contributed by atoms with Crippen LogP contribution in [0.3, 0.4) is 0 Å². The van der Waals surface area contributed by atoms with Gasteiger partial charge in [0.05, 0.1) is 25.2 Å². The van der Waals surface area contributed by atoms with Crippen molar-refractivity contribution in [2.75, 3.05) is 19.8 Å². The van der Waals surface area contributed by atoms with Crippen molar-refractivity contribution in [2.24, 2.45) is 5.92 Å². The number of carbonyl (C=O) groups is 2. The van der Waals surface area contributed by atoms with Crippen LogP contribution in [0, 0.1) is 5.92 Å². The average molecular weight is 470 g/mol. The van der Waals surface area contributed by atoms with Crippen LogP contribution in [0.4, 0.5) is 18.0 Å². The molecule has 0 bridgehead atoms. The summed E-state index contributed by atoms with van der Waals surface area (Å²) in [6, 6.07) is 8.06. The highest BCUT2D eigenvalue weighted by atomic mass is 19.4. The van der Waals surface area contributed by atoms with Gasteiger partial charge < -0.3 is 19.5 Å². The Hall–Kier alpha value is -2.59. The molecular formula is C23H29F3N2O5. The van der Waals surface area contributed by atoms with E-state index >= 15 is 0 Å². The molecule has 2 fully saturated rings. The summed E-state index contributed by atoms with van der Waals surface area (Å²) < 4.78 is 56.0. The van der Waals surface area contributed by atoms with E-state index in [4.69, 9.17) is 14.2 Å². The number of nitrogens with one attached hydrogen (secondary N) is 1. The SMILES string of the molecule is C/C=C/[C@H]1[C@H](CNC(=O)C(F)(F)F)C2(C[C@@H](C)N1C(=O)OCc1ccccc1)OCCCO2. The largest absolute Gasteiger partial charge is 0.471 e. The van der Waals surface area contributed by atoms with E-state index in [0.717, 1.165) is 5.56 Å². The average Bonchev–Trinajstić information content (AvgIpc) is 2.78. The van der Waals surface area contributed by atoms with E-state index in [2.05, 4.69) is 0 Å². The van der Waals surface area contributed by atoms with E-state index in [1.165, 1.54) is 4.90 Å².